The highest BCUT2D eigenvalue weighted by molar-refractivity contribution is 7.94. The lowest BCUT2D eigenvalue weighted by Crippen LogP contribution is -2.16. The standard InChI is InChI=1S/C17H14ClNO4S2/c1-10-13-8-11(18)2-5-16(13)24-17(10)25(20,21)19-12-3-4-14-15(9-12)23-7-6-22-14/h2-5,8-9,19H,6-7H2,1H3. The minimum absolute atomic E-state index is 0.277. The zero-order valence-electron chi connectivity index (χ0n) is 13.2. The van der Waals surface area contributed by atoms with Crippen molar-refractivity contribution in [1.82, 2.24) is 0 Å². The molecule has 3 aromatic rings. The molecule has 0 saturated carbocycles. The second-order valence-electron chi connectivity index (χ2n) is 5.62. The van der Waals surface area contributed by atoms with Gasteiger partial charge in [0.2, 0.25) is 0 Å². The molecule has 0 aliphatic carbocycles. The largest absolute Gasteiger partial charge is 0.486 e. The highest BCUT2D eigenvalue weighted by Crippen LogP contribution is 2.37. The summed E-state index contributed by atoms with van der Waals surface area (Å²) in [6.07, 6.45) is 0. The van der Waals surface area contributed by atoms with Crippen LogP contribution in [0, 0.1) is 6.92 Å². The van der Waals surface area contributed by atoms with Crippen LogP contribution in [0.25, 0.3) is 10.1 Å². The molecule has 0 spiro atoms. The van der Waals surface area contributed by atoms with Crippen LogP contribution >= 0.6 is 22.9 Å². The Labute approximate surface area is 154 Å². The van der Waals surface area contributed by atoms with E-state index >= 15 is 0 Å². The molecule has 0 atom stereocenters. The summed E-state index contributed by atoms with van der Waals surface area (Å²) in [6, 6.07) is 10.4. The molecule has 0 fully saturated rings. The van der Waals surface area contributed by atoms with Gasteiger partial charge in [-0.3, -0.25) is 4.72 Å². The molecule has 0 unspecified atom stereocenters. The summed E-state index contributed by atoms with van der Waals surface area (Å²) in [4.78, 5) is 0. The van der Waals surface area contributed by atoms with E-state index in [1.165, 1.54) is 11.3 Å². The quantitative estimate of drug-likeness (QED) is 0.712. The van der Waals surface area contributed by atoms with E-state index in [9.17, 15) is 8.42 Å². The molecule has 0 bridgehead atoms. The number of rotatable bonds is 3. The summed E-state index contributed by atoms with van der Waals surface area (Å²) in [5, 5.41) is 1.43. The van der Waals surface area contributed by atoms with Crippen molar-refractivity contribution in [1.29, 1.82) is 0 Å². The van der Waals surface area contributed by atoms with Crippen LogP contribution in [0.2, 0.25) is 5.02 Å². The van der Waals surface area contributed by atoms with Crippen molar-refractivity contribution in [3.8, 4) is 11.5 Å². The Morgan fingerprint density at radius 1 is 1.08 bits per heavy atom. The number of halogens is 1. The first-order valence-corrected chi connectivity index (χ1v) is 10.2. The predicted molar refractivity (Wildman–Crippen MR) is 99.8 cm³/mol. The number of thiophene rings is 1. The van der Waals surface area contributed by atoms with Crippen LogP contribution in [0.4, 0.5) is 5.69 Å². The third-order valence-electron chi connectivity index (χ3n) is 3.89. The molecule has 5 nitrogen and oxygen atoms in total. The Bertz CT molecular complexity index is 1080. The van der Waals surface area contributed by atoms with Crippen LogP contribution in [0.15, 0.2) is 40.6 Å². The van der Waals surface area contributed by atoms with Gasteiger partial charge in [-0.25, -0.2) is 8.42 Å². The number of anilines is 1. The van der Waals surface area contributed by atoms with Gasteiger partial charge in [0.25, 0.3) is 10.0 Å². The maximum absolute atomic E-state index is 12.8. The van der Waals surface area contributed by atoms with E-state index in [1.807, 2.05) is 6.07 Å². The molecular formula is C17H14ClNO4S2. The Hall–Kier alpha value is -1.96. The molecule has 0 saturated heterocycles. The summed E-state index contributed by atoms with van der Waals surface area (Å²) >= 11 is 7.25. The first-order chi connectivity index (χ1) is 11.9. The van der Waals surface area contributed by atoms with Crippen LogP contribution in [0.3, 0.4) is 0 Å². The number of hydrogen-bond acceptors (Lipinski definition) is 5. The van der Waals surface area contributed by atoms with Gasteiger partial charge < -0.3 is 9.47 Å². The van der Waals surface area contributed by atoms with Crippen LogP contribution in [-0.2, 0) is 10.0 Å². The number of sulfonamides is 1. The molecule has 1 aliphatic heterocycles. The monoisotopic (exact) mass is 395 g/mol. The third kappa shape index (κ3) is 3.03. The van der Waals surface area contributed by atoms with Crippen LogP contribution in [0.1, 0.15) is 5.56 Å². The SMILES string of the molecule is Cc1c(S(=O)(=O)Nc2ccc3c(c2)OCCO3)sc2ccc(Cl)cc12. The first kappa shape index (κ1) is 16.5. The van der Waals surface area contributed by atoms with E-state index in [0.29, 0.717) is 41.0 Å². The summed E-state index contributed by atoms with van der Waals surface area (Å²) < 4.78 is 40.4. The predicted octanol–water partition coefficient (Wildman–Crippen LogP) is 4.44. The zero-order chi connectivity index (χ0) is 17.6. The Balaban J connectivity index is 1.71. The molecule has 2 heterocycles. The molecule has 1 N–H and O–H groups in total. The van der Waals surface area contributed by atoms with Crippen molar-refractivity contribution < 1.29 is 17.9 Å². The molecule has 0 amide bonds. The lowest BCUT2D eigenvalue weighted by molar-refractivity contribution is 0.171. The van der Waals surface area contributed by atoms with Gasteiger partial charge in [0, 0.05) is 15.8 Å². The van der Waals surface area contributed by atoms with Crippen molar-refractivity contribution >= 4 is 48.7 Å². The number of nitrogens with one attached hydrogen (secondary N) is 1. The van der Waals surface area contributed by atoms with Crippen molar-refractivity contribution in [3.63, 3.8) is 0 Å². The van der Waals surface area contributed by atoms with Crippen LogP contribution < -0.4 is 14.2 Å². The first-order valence-electron chi connectivity index (χ1n) is 7.55. The second-order valence-corrected chi connectivity index (χ2v) is 8.99. The average molecular weight is 396 g/mol. The van der Waals surface area contributed by atoms with Gasteiger partial charge in [-0.2, -0.15) is 0 Å². The minimum atomic E-state index is -3.72. The fourth-order valence-corrected chi connectivity index (χ4v) is 5.70. The highest BCUT2D eigenvalue weighted by Gasteiger charge is 2.23. The van der Waals surface area contributed by atoms with E-state index in [4.69, 9.17) is 21.1 Å². The van der Waals surface area contributed by atoms with E-state index in [1.54, 1.807) is 37.3 Å². The lowest BCUT2D eigenvalue weighted by Gasteiger charge is -2.19. The van der Waals surface area contributed by atoms with Crippen LogP contribution in [0.5, 0.6) is 11.5 Å². The molecule has 25 heavy (non-hydrogen) atoms. The number of aryl methyl sites for hydroxylation is 1. The van der Waals surface area contributed by atoms with Crippen molar-refractivity contribution in [2.24, 2.45) is 0 Å². The highest BCUT2D eigenvalue weighted by atomic mass is 35.5. The molecule has 2 aromatic carbocycles. The number of ether oxygens (including phenoxy) is 2. The fraction of sp³-hybridized carbons (Fsp3) is 0.176. The summed E-state index contributed by atoms with van der Waals surface area (Å²) in [5.41, 5.74) is 1.12. The van der Waals surface area contributed by atoms with E-state index in [-0.39, 0.29) is 4.21 Å². The third-order valence-corrected chi connectivity index (χ3v) is 7.40. The van der Waals surface area contributed by atoms with Gasteiger partial charge in [-0.05, 0) is 48.2 Å². The molecule has 0 radical (unpaired) electrons. The lowest BCUT2D eigenvalue weighted by atomic mass is 10.2. The van der Waals surface area contributed by atoms with E-state index < -0.39 is 10.0 Å². The Kier molecular flexibility index (Phi) is 4.02. The molecule has 4 rings (SSSR count). The van der Waals surface area contributed by atoms with Gasteiger partial charge in [0.15, 0.2) is 11.5 Å². The zero-order valence-corrected chi connectivity index (χ0v) is 15.6. The van der Waals surface area contributed by atoms with Gasteiger partial charge >= 0.3 is 0 Å². The summed E-state index contributed by atoms with van der Waals surface area (Å²) in [7, 11) is -3.72. The topological polar surface area (TPSA) is 64.6 Å². The maximum atomic E-state index is 12.8. The van der Waals surface area contributed by atoms with Crippen LogP contribution in [-0.4, -0.2) is 21.6 Å². The van der Waals surface area contributed by atoms with Gasteiger partial charge in [-0.1, -0.05) is 11.6 Å². The normalized spacial score (nSPS) is 13.8. The van der Waals surface area contributed by atoms with Crippen molar-refractivity contribution in [2.45, 2.75) is 11.1 Å². The van der Waals surface area contributed by atoms with Gasteiger partial charge in [0.05, 0.1) is 5.69 Å². The van der Waals surface area contributed by atoms with Gasteiger partial charge in [0.1, 0.15) is 17.4 Å². The van der Waals surface area contributed by atoms with E-state index in [0.717, 1.165) is 10.1 Å². The molecular weight excluding hydrogens is 382 g/mol. The molecule has 8 heteroatoms. The second kappa shape index (κ2) is 6.09. The smallest absolute Gasteiger partial charge is 0.271 e. The molecule has 1 aliphatic rings. The number of hydrogen-bond donors (Lipinski definition) is 1. The Morgan fingerprint density at radius 3 is 2.64 bits per heavy atom. The van der Waals surface area contributed by atoms with Gasteiger partial charge in [-0.15, -0.1) is 11.3 Å². The summed E-state index contributed by atoms with van der Waals surface area (Å²) in [6.45, 7) is 2.72. The fourth-order valence-electron chi connectivity index (χ4n) is 2.74. The van der Waals surface area contributed by atoms with Crippen molar-refractivity contribution in [2.75, 3.05) is 17.9 Å². The average Bonchev–Trinajstić information content (AvgIpc) is 2.92. The minimum Gasteiger partial charge on any atom is -0.486 e. The Morgan fingerprint density at radius 2 is 1.84 bits per heavy atom. The molecule has 130 valence electrons. The van der Waals surface area contributed by atoms with Crippen molar-refractivity contribution in [3.05, 3.63) is 47.0 Å². The number of fused-ring (bicyclic) bond motifs is 2. The van der Waals surface area contributed by atoms with E-state index in [2.05, 4.69) is 4.72 Å². The summed E-state index contributed by atoms with van der Waals surface area (Å²) in [5.74, 6) is 1.15. The number of benzene rings is 2. The molecule has 1 aromatic heterocycles. The maximum Gasteiger partial charge on any atom is 0.271 e.